The predicted octanol–water partition coefficient (Wildman–Crippen LogP) is 2.61. The van der Waals surface area contributed by atoms with Gasteiger partial charge in [-0.05, 0) is 19.1 Å². The average molecular weight is 327 g/mol. The van der Waals surface area contributed by atoms with Gasteiger partial charge in [0.25, 0.3) is 0 Å². The zero-order valence-corrected chi connectivity index (χ0v) is 12.7. The molecule has 0 bridgehead atoms. The lowest BCUT2D eigenvalue weighted by atomic mass is 10.3. The van der Waals surface area contributed by atoms with Crippen LogP contribution < -0.4 is 15.4 Å². The zero-order chi connectivity index (χ0) is 15.9. The highest BCUT2D eigenvalue weighted by molar-refractivity contribution is 7.09. The molecule has 1 aromatic carbocycles. The van der Waals surface area contributed by atoms with Gasteiger partial charge in [0.15, 0.2) is 11.6 Å². The lowest BCUT2D eigenvalue weighted by molar-refractivity contribution is 0.236. The number of aromatic nitrogens is 1. The number of aryl methyl sites for hydroxylation is 1. The Bertz CT molecular complexity index is 649. The number of rotatable bonds is 6. The Hall–Kier alpha value is -2.22. The Kier molecular flexibility index (Phi) is 5.65. The van der Waals surface area contributed by atoms with Gasteiger partial charge in [0.2, 0.25) is 0 Å². The van der Waals surface area contributed by atoms with Gasteiger partial charge in [0.05, 0.1) is 13.1 Å². The van der Waals surface area contributed by atoms with Gasteiger partial charge in [0, 0.05) is 17.1 Å². The van der Waals surface area contributed by atoms with Crippen molar-refractivity contribution in [3.8, 4) is 5.75 Å². The lowest BCUT2D eigenvalue weighted by Gasteiger charge is -2.08. The van der Waals surface area contributed by atoms with E-state index in [1.54, 1.807) is 0 Å². The molecule has 2 rings (SSSR count). The minimum atomic E-state index is -0.970. The highest BCUT2D eigenvalue weighted by Gasteiger charge is 2.04. The summed E-state index contributed by atoms with van der Waals surface area (Å²) < 4.78 is 30.9. The number of amides is 2. The van der Waals surface area contributed by atoms with Gasteiger partial charge in [-0.25, -0.2) is 18.6 Å². The van der Waals surface area contributed by atoms with Crippen molar-refractivity contribution in [1.29, 1.82) is 0 Å². The van der Waals surface area contributed by atoms with Crippen molar-refractivity contribution in [2.75, 3.05) is 13.2 Å². The van der Waals surface area contributed by atoms with E-state index in [-0.39, 0.29) is 24.9 Å². The maximum atomic E-state index is 12.9. The molecule has 5 nitrogen and oxygen atoms in total. The number of hydrogen-bond donors (Lipinski definition) is 2. The van der Waals surface area contributed by atoms with E-state index in [0.29, 0.717) is 6.54 Å². The van der Waals surface area contributed by atoms with Crippen molar-refractivity contribution >= 4 is 17.4 Å². The highest BCUT2D eigenvalue weighted by atomic mass is 32.1. The minimum Gasteiger partial charge on any atom is -0.492 e. The molecule has 1 aromatic heterocycles. The number of ether oxygens (including phenoxy) is 1. The molecule has 22 heavy (non-hydrogen) atoms. The second kappa shape index (κ2) is 7.69. The van der Waals surface area contributed by atoms with Gasteiger partial charge >= 0.3 is 6.03 Å². The summed E-state index contributed by atoms with van der Waals surface area (Å²) in [7, 11) is 0. The first-order valence-electron chi connectivity index (χ1n) is 6.55. The third-order valence-electron chi connectivity index (χ3n) is 2.61. The van der Waals surface area contributed by atoms with Gasteiger partial charge < -0.3 is 15.4 Å². The number of halogens is 2. The second-order valence-corrected chi connectivity index (χ2v) is 5.36. The number of nitrogens with zero attached hydrogens (tertiary/aromatic N) is 1. The summed E-state index contributed by atoms with van der Waals surface area (Å²) in [5, 5.41) is 7.98. The van der Waals surface area contributed by atoms with E-state index in [4.69, 9.17) is 4.74 Å². The maximum absolute atomic E-state index is 12.9. The van der Waals surface area contributed by atoms with Crippen LogP contribution in [-0.2, 0) is 6.54 Å². The van der Waals surface area contributed by atoms with Crippen molar-refractivity contribution in [1.82, 2.24) is 15.6 Å². The summed E-state index contributed by atoms with van der Waals surface area (Å²) in [4.78, 5) is 15.7. The third kappa shape index (κ3) is 4.96. The Morgan fingerprint density at radius 1 is 1.32 bits per heavy atom. The Morgan fingerprint density at radius 3 is 2.82 bits per heavy atom. The molecular formula is C14H15F2N3O2S. The second-order valence-electron chi connectivity index (χ2n) is 4.42. The summed E-state index contributed by atoms with van der Waals surface area (Å²) in [5.74, 6) is -1.69. The molecule has 8 heteroatoms. The molecule has 118 valence electrons. The molecule has 0 atom stereocenters. The predicted molar refractivity (Wildman–Crippen MR) is 78.9 cm³/mol. The van der Waals surface area contributed by atoms with E-state index in [1.807, 2.05) is 12.3 Å². The van der Waals surface area contributed by atoms with Crippen molar-refractivity contribution < 1.29 is 18.3 Å². The van der Waals surface area contributed by atoms with E-state index in [2.05, 4.69) is 15.6 Å². The molecule has 1 heterocycles. The molecule has 0 fully saturated rings. The summed E-state index contributed by atoms with van der Waals surface area (Å²) in [6.45, 7) is 2.63. The number of thiazole rings is 1. The quantitative estimate of drug-likeness (QED) is 0.802. The molecule has 0 radical (unpaired) electrons. The molecule has 0 aliphatic rings. The molecule has 2 amide bonds. The minimum absolute atomic E-state index is 0.148. The number of benzene rings is 1. The third-order valence-corrected chi connectivity index (χ3v) is 3.58. The molecule has 0 unspecified atom stereocenters. The number of nitrogens with one attached hydrogen (secondary N) is 2. The molecule has 2 N–H and O–H groups in total. The lowest BCUT2D eigenvalue weighted by Crippen LogP contribution is -2.37. The van der Waals surface area contributed by atoms with E-state index >= 15 is 0 Å². The van der Waals surface area contributed by atoms with Crippen molar-refractivity contribution in [3.05, 3.63) is 45.9 Å². The standard InChI is InChI=1S/C14H15F2N3O2S/c1-9-8-22-13(19-9)7-18-14(20)17-4-5-21-10-2-3-11(15)12(16)6-10/h2-3,6,8H,4-5,7H2,1H3,(H2,17,18,20). The van der Waals surface area contributed by atoms with E-state index in [0.717, 1.165) is 22.8 Å². The first kappa shape index (κ1) is 16.2. The van der Waals surface area contributed by atoms with Crippen LogP contribution in [-0.4, -0.2) is 24.2 Å². The Morgan fingerprint density at radius 2 is 2.14 bits per heavy atom. The molecule has 0 aliphatic carbocycles. The van der Waals surface area contributed by atoms with Gasteiger partial charge in [0.1, 0.15) is 17.4 Å². The number of hydrogen-bond acceptors (Lipinski definition) is 4. The Balaban J connectivity index is 1.63. The van der Waals surface area contributed by atoms with Crippen LogP contribution in [0.5, 0.6) is 5.75 Å². The maximum Gasteiger partial charge on any atom is 0.315 e. The molecule has 2 aromatic rings. The van der Waals surface area contributed by atoms with Crippen LogP contribution >= 0.6 is 11.3 Å². The highest BCUT2D eigenvalue weighted by Crippen LogP contribution is 2.14. The Labute approximate surface area is 130 Å². The van der Waals surface area contributed by atoms with Gasteiger partial charge in [-0.15, -0.1) is 11.3 Å². The zero-order valence-electron chi connectivity index (χ0n) is 11.9. The molecule has 0 spiro atoms. The summed E-state index contributed by atoms with van der Waals surface area (Å²) >= 11 is 1.48. The van der Waals surface area contributed by atoms with E-state index in [9.17, 15) is 13.6 Å². The van der Waals surface area contributed by atoms with Crippen LogP contribution in [0.15, 0.2) is 23.6 Å². The van der Waals surface area contributed by atoms with Crippen LogP contribution in [0.2, 0.25) is 0 Å². The monoisotopic (exact) mass is 327 g/mol. The number of urea groups is 1. The van der Waals surface area contributed by atoms with Crippen molar-refractivity contribution in [2.24, 2.45) is 0 Å². The summed E-state index contributed by atoms with van der Waals surface area (Å²) in [6.07, 6.45) is 0. The van der Waals surface area contributed by atoms with Gasteiger partial charge in [-0.1, -0.05) is 0 Å². The molecular weight excluding hydrogens is 312 g/mol. The van der Waals surface area contributed by atoms with Crippen molar-refractivity contribution in [3.63, 3.8) is 0 Å². The first-order valence-corrected chi connectivity index (χ1v) is 7.43. The molecule has 0 saturated heterocycles. The van der Waals surface area contributed by atoms with Crippen LogP contribution in [0.25, 0.3) is 0 Å². The summed E-state index contributed by atoms with van der Waals surface area (Å²) in [6, 6.07) is 2.92. The van der Waals surface area contributed by atoms with E-state index in [1.165, 1.54) is 17.4 Å². The van der Waals surface area contributed by atoms with Crippen LogP contribution in [0, 0.1) is 18.6 Å². The van der Waals surface area contributed by atoms with Gasteiger partial charge in [-0.3, -0.25) is 0 Å². The SMILES string of the molecule is Cc1csc(CNC(=O)NCCOc2ccc(F)c(F)c2)n1. The fraction of sp³-hybridized carbons (Fsp3) is 0.286. The number of carbonyl (C=O) groups is 1. The first-order chi connectivity index (χ1) is 10.5. The fourth-order valence-corrected chi connectivity index (χ4v) is 2.31. The average Bonchev–Trinajstić information content (AvgIpc) is 2.91. The summed E-state index contributed by atoms with van der Waals surface area (Å²) in [5.41, 5.74) is 0.919. The van der Waals surface area contributed by atoms with Gasteiger partial charge in [-0.2, -0.15) is 0 Å². The van der Waals surface area contributed by atoms with Crippen LogP contribution in [0.4, 0.5) is 13.6 Å². The smallest absolute Gasteiger partial charge is 0.315 e. The molecule has 0 saturated carbocycles. The van der Waals surface area contributed by atoms with Crippen LogP contribution in [0.1, 0.15) is 10.7 Å². The van der Waals surface area contributed by atoms with Crippen molar-refractivity contribution in [2.45, 2.75) is 13.5 Å². The largest absolute Gasteiger partial charge is 0.492 e. The number of carbonyl (C=O) groups excluding carboxylic acids is 1. The molecule has 0 aliphatic heterocycles. The topological polar surface area (TPSA) is 63.2 Å². The van der Waals surface area contributed by atoms with E-state index < -0.39 is 11.6 Å². The normalized spacial score (nSPS) is 10.3. The van der Waals surface area contributed by atoms with Crippen LogP contribution in [0.3, 0.4) is 0 Å². The fourth-order valence-electron chi connectivity index (χ4n) is 1.60.